The molecule has 0 spiro atoms. The van der Waals surface area contributed by atoms with Crippen LogP contribution in [0.2, 0.25) is 5.02 Å². The Balaban J connectivity index is 0.00000144. The average Bonchev–Trinajstić information content (AvgIpc) is 2.08. The molecule has 1 aromatic rings. The van der Waals surface area contributed by atoms with Gasteiger partial charge in [0.2, 0.25) is 0 Å². The van der Waals surface area contributed by atoms with E-state index in [1.165, 1.54) is 0 Å². The lowest BCUT2D eigenvalue weighted by molar-refractivity contribution is 0.475. The summed E-state index contributed by atoms with van der Waals surface area (Å²) < 4.78 is 0. The molecule has 0 amide bonds. The molecule has 0 fully saturated rings. The summed E-state index contributed by atoms with van der Waals surface area (Å²) in [6.45, 7) is 2.01. The molecule has 0 radical (unpaired) electrons. The molecule has 0 aromatic heterocycles. The van der Waals surface area contributed by atoms with Gasteiger partial charge in [0, 0.05) is 6.04 Å². The molecular weight excluding hydrogens is 209 g/mol. The highest BCUT2D eigenvalue weighted by atomic mass is 35.5. The first-order chi connectivity index (χ1) is 5.65. The molecule has 1 atom stereocenters. The summed E-state index contributed by atoms with van der Waals surface area (Å²) in [6.07, 6.45) is 0.862. The molecular formula is C9H13Cl2NO. The van der Waals surface area contributed by atoms with Crippen molar-refractivity contribution < 1.29 is 5.11 Å². The third kappa shape index (κ3) is 3.07. The summed E-state index contributed by atoms with van der Waals surface area (Å²) >= 11 is 5.71. The largest absolute Gasteiger partial charge is 0.506 e. The molecule has 1 aromatic carbocycles. The van der Waals surface area contributed by atoms with Gasteiger partial charge in [0.1, 0.15) is 5.75 Å². The van der Waals surface area contributed by atoms with Crippen molar-refractivity contribution in [3.8, 4) is 5.75 Å². The summed E-state index contributed by atoms with van der Waals surface area (Å²) in [7, 11) is 0. The van der Waals surface area contributed by atoms with Gasteiger partial charge in [-0.1, -0.05) is 24.6 Å². The predicted molar refractivity (Wildman–Crippen MR) is 57.6 cm³/mol. The second-order valence-corrected chi connectivity index (χ2v) is 3.13. The Labute approximate surface area is 89.1 Å². The number of benzene rings is 1. The number of phenols is 1. The van der Waals surface area contributed by atoms with Crippen LogP contribution in [0.5, 0.6) is 5.75 Å². The third-order valence-electron chi connectivity index (χ3n) is 1.84. The Morgan fingerprint density at radius 2 is 2.15 bits per heavy atom. The van der Waals surface area contributed by atoms with Crippen LogP contribution < -0.4 is 5.73 Å². The number of halogens is 2. The Bertz CT molecular complexity index is 278. The molecule has 13 heavy (non-hydrogen) atoms. The van der Waals surface area contributed by atoms with E-state index in [0.717, 1.165) is 12.0 Å². The fourth-order valence-corrected chi connectivity index (χ4v) is 1.18. The minimum Gasteiger partial charge on any atom is -0.506 e. The smallest absolute Gasteiger partial charge is 0.134 e. The summed E-state index contributed by atoms with van der Waals surface area (Å²) in [6, 6.07) is 5.05. The molecule has 0 saturated heterocycles. The van der Waals surface area contributed by atoms with Crippen LogP contribution >= 0.6 is 24.0 Å². The van der Waals surface area contributed by atoms with Gasteiger partial charge in [-0.25, -0.2) is 0 Å². The minimum absolute atomic E-state index is 0. The second kappa shape index (κ2) is 5.32. The fraction of sp³-hybridized carbons (Fsp3) is 0.333. The van der Waals surface area contributed by atoms with E-state index >= 15 is 0 Å². The fourth-order valence-electron chi connectivity index (χ4n) is 0.989. The van der Waals surface area contributed by atoms with E-state index in [1.54, 1.807) is 18.2 Å². The van der Waals surface area contributed by atoms with Crippen molar-refractivity contribution in [3.05, 3.63) is 28.8 Å². The standard InChI is InChI=1S/C9H12ClNO.ClH/c1-2-8(11)6-3-4-9(12)7(10)5-6;/h3-5,8,12H,2,11H2,1H3;1H/t8-;/m0./s1. The zero-order valence-corrected chi connectivity index (χ0v) is 8.90. The van der Waals surface area contributed by atoms with Crippen molar-refractivity contribution in [3.63, 3.8) is 0 Å². The van der Waals surface area contributed by atoms with Crippen molar-refractivity contribution >= 4 is 24.0 Å². The Morgan fingerprint density at radius 1 is 1.54 bits per heavy atom. The predicted octanol–water partition coefficient (Wildman–Crippen LogP) is 2.88. The SMILES string of the molecule is CC[C@H](N)c1ccc(O)c(Cl)c1.Cl. The molecule has 0 unspecified atom stereocenters. The first-order valence-corrected chi connectivity index (χ1v) is 4.27. The van der Waals surface area contributed by atoms with Crippen molar-refractivity contribution in [1.82, 2.24) is 0 Å². The maximum atomic E-state index is 9.13. The Hall–Kier alpha value is -0.440. The number of phenolic OH excluding ortho intramolecular Hbond substituents is 1. The first kappa shape index (κ1) is 12.6. The second-order valence-electron chi connectivity index (χ2n) is 2.73. The summed E-state index contributed by atoms with van der Waals surface area (Å²) in [4.78, 5) is 0. The third-order valence-corrected chi connectivity index (χ3v) is 2.14. The molecule has 0 saturated carbocycles. The van der Waals surface area contributed by atoms with Crippen molar-refractivity contribution in [2.75, 3.05) is 0 Å². The summed E-state index contributed by atoms with van der Waals surface area (Å²) in [5, 5.41) is 9.48. The van der Waals surface area contributed by atoms with Gasteiger partial charge in [0.15, 0.2) is 0 Å². The lowest BCUT2D eigenvalue weighted by Gasteiger charge is -2.09. The van der Waals surface area contributed by atoms with E-state index < -0.39 is 0 Å². The number of hydrogen-bond donors (Lipinski definition) is 2. The van der Waals surface area contributed by atoms with Crippen LogP contribution in [0.3, 0.4) is 0 Å². The minimum atomic E-state index is 0. The summed E-state index contributed by atoms with van der Waals surface area (Å²) in [5.41, 5.74) is 6.73. The van der Waals surface area contributed by atoms with Gasteiger partial charge in [-0.15, -0.1) is 12.4 Å². The van der Waals surface area contributed by atoms with Crippen LogP contribution in [0, 0.1) is 0 Å². The molecule has 0 aliphatic rings. The first-order valence-electron chi connectivity index (χ1n) is 3.89. The van der Waals surface area contributed by atoms with E-state index in [-0.39, 0.29) is 24.2 Å². The van der Waals surface area contributed by atoms with Gasteiger partial charge in [-0.2, -0.15) is 0 Å². The van der Waals surface area contributed by atoms with Crippen molar-refractivity contribution in [2.45, 2.75) is 19.4 Å². The molecule has 0 bridgehead atoms. The number of aromatic hydroxyl groups is 1. The molecule has 1 rings (SSSR count). The average molecular weight is 222 g/mol. The van der Waals surface area contributed by atoms with E-state index in [9.17, 15) is 0 Å². The van der Waals surface area contributed by atoms with Crippen LogP contribution in [0.25, 0.3) is 0 Å². The maximum absolute atomic E-state index is 9.13. The Morgan fingerprint density at radius 3 is 2.62 bits per heavy atom. The van der Waals surface area contributed by atoms with Crippen molar-refractivity contribution in [2.24, 2.45) is 5.73 Å². The molecule has 3 N–H and O–H groups in total. The van der Waals surface area contributed by atoms with Gasteiger partial charge in [0.05, 0.1) is 5.02 Å². The maximum Gasteiger partial charge on any atom is 0.134 e. The van der Waals surface area contributed by atoms with Crippen LogP contribution in [-0.4, -0.2) is 5.11 Å². The van der Waals surface area contributed by atoms with E-state index in [4.69, 9.17) is 22.4 Å². The normalized spacial score (nSPS) is 11.9. The van der Waals surface area contributed by atoms with Gasteiger partial charge in [-0.05, 0) is 24.1 Å². The quantitative estimate of drug-likeness (QED) is 0.808. The van der Waals surface area contributed by atoms with Gasteiger partial charge in [0.25, 0.3) is 0 Å². The summed E-state index contributed by atoms with van der Waals surface area (Å²) in [5.74, 6) is 0.101. The highest BCUT2D eigenvalue weighted by Gasteiger charge is 2.05. The molecule has 74 valence electrons. The molecule has 0 aliphatic carbocycles. The van der Waals surface area contributed by atoms with Gasteiger partial charge >= 0.3 is 0 Å². The molecule has 0 aliphatic heterocycles. The lowest BCUT2D eigenvalue weighted by Crippen LogP contribution is -2.08. The Kier molecular flexibility index (Phi) is 5.14. The molecule has 0 heterocycles. The molecule has 2 nitrogen and oxygen atoms in total. The monoisotopic (exact) mass is 221 g/mol. The van der Waals surface area contributed by atoms with E-state index in [0.29, 0.717) is 5.02 Å². The number of hydrogen-bond acceptors (Lipinski definition) is 2. The number of nitrogens with two attached hydrogens (primary N) is 1. The van der Waals surface area contributed by atoms with Gasteiger partial charge in [-0.3, -0.25) is 0 Å². The topological polar surface area (TPSA) is 46.2 Å². The van der Waals surface area contributed by atoms with E-state index in [1.807, 2.05) is 6.92 Å². The van der Waals surface area contributed by atoms with Crippen molar-refractivity contribution in [1.29, 1.82) is 0 Å². The van der Waals surface area contributed by atoms with E-state index in [2.05, 4.69) is 0 Å². The highest BCUT2D eigenvalue weighted by Crippen LogP contribution is 2.26. The van der Waals surface area contributed by atoms with Crippen LogP contribution in [0.1, 0.15) is 24.9 Å². The van der Waals surface area contributed by atoms with Crippen LogP contribution in [-0.2, 0) is 0 Å². The zero-order valence-electron chi connectivity index (χ0n) is 7.33. The lowest BCUT2D eigenvalue weighted by atomic mass is 10.1. The van der Waals surface area contributed by atoms with Crippen LogP contribution in [0.15, 0.2) is 18.2 Å². The van der Waals surface area contributed by atoms with Crippen LogP contribution in [0.4, 0.5) is 0 Å². The van der Waals surface area contributed by atoms with Gasteiger partial charge < -0.3 is 10.8 Å². The zero-order chi connectivity index (χ0) is 9.14. The number of rotatable bonds is 2. The highest BCUT2D eigenvalue weighted by molar-refractivity contribution is 6.32. The molecule has 4 heteroatoms.